The molecule has 0 spiro atoms. The number of carbonyl (C=O) groups excluding carboxylic acids is 1. The van der Waals surface area contributed by atoms with Gasteiger partial charge in [0.15, 0.2) is 5.69 Å². The van der Waals surface area contributed by atoms with Crippen molar-refractivity contribution in [2.45, 2.75) is 32.1 Å². The van der Waals surface area contributed by atoms with E-state index in [0.29, 0.717) is 21.8 Å². The molecule has 0 fully saturated rings. The molecule has 1 amide bonds. The number of amides is 1. The van der Waals surface area contributed by atoms with Crippen LogP contribution in [-0.2, 0) is 34.1 Å². The van der Waals surface area contributed by atoms with Gasteiger partial charge in [0.1, 0.15) is 0 Å². The van der Waals surface area contributed by atoms with Crippen molar-refractivity contribution in [2.24, 2.45) is 0 Å². The highest BCUT2D eigenvalue weighted by Crippen LogP contribution is 2.30. The first-order valence-corrected chi connectivity index (χ1v) is 12.3. The molecule has 1 unspecified atom stereocenters. The molecule has 0 saturated heterocycles. The van der Waals surface area contributed by atoms with Crippen molar-refractivity contribution in [1.82, 2.24) is 19.8 Å². The lowest BCUT2D eigenvalue weighted by Gasteiger charge is -2.14. The van der Waals surface area contributed by atoms with E-state index < -0.39 is 33.7 Å². The van der Waals surface area contributed by atoms with Crippen molar-refractivity contribution in [3.8, 4) is 5.69 Å². The second-order valence-electron chi connectivity index (χ2n) is 7.68. The molecule has 1 heterocycles. The number of hydrogen-bond donors (Lipinski definition) is 2. The SMILES string of the molecule is CC(C(=O)NCc1cc(C(F)(F)F)nn1-c1cccc(Cl)c1)c1ccc(CNS(C)(=O)=O)cc1. The van der Waals surface area contributed by atoms with Gasteiger partial charge in [-0.25, -0.2) is 17.8 Å². The Labute approximate surface area is 200 Å². The molecule has 0 saturated carbocycles. The molecule has 2 N–H and O–H groups in total. The maximum Gasteiger partial charge on any atom is 0.435 e. The van der Waals surface area contributed by atoms with Gasteiger partial charge in [-0.1, -0.05) is 41.9 Å². The number of carbonyl (C=O) groups is 1. The lowest BCUT2D eigenvalue weighted by molar-refractivity contribution is -0.141. The zero-order valence-corrected chi connectivity index (χ0v) is 19.8. The van der Waals surface area contributed by atoms with Crippen LogP contribution in [0.2, 0.25) is 5.02 Å². The summed E-state index contributed by atoms with van der Waals surface area (Å²) in [5.74, 6) is -0.990. The average Bonchev–Trinajstić information content (AvgIpc) is 3.20. The normalized spacial score (nSPS) is 13.0. The summed E-state index contributed by atoms with van der Waals surface area (Å²) in [6.45, 7) is 1.60. The van der Waals surface area contributed by atoms with E-state index in [-0.39, 0.29) is 18.8 Å². The topological polar surface area (TPSA) is 93.1 Å². The lowest BCUT2D eigenvalue weighted by atomic mass is 9.99. The summed E-state index contributed by atoms with van der Waals surface area (Å²) >= 11 is 5.97. The van der Waals surface area contributed by atoms with Gasteiger partial charge in [0.05, 0.1) is 30.1 Å². The van der Waals surface area contributed by atoms with E-state index in [2.05, 4.69) is 15.1 Å². The van der Waals surface area contributed by atoms with Crippen LogP contribution in [0.25, 0.3) is 5.69 Å². The average molecular weight is 515 g/mol. The smallest absolute Gasteiger partial charge is 0.350 e. The Bertz CT molecular complexity index is 1280. The molecule has 0 radical (unpaired) electrons. The number of rotatable bonds is 8. The molecular formula is C22H22ClF3N4O3S. The zero-order chi connectivity index (χ0) is 25.1. The van der Waals surface area contributed by atoms with Crippen molar-refractivity contribution < 1.29 is 26.4 Å². The predicted molar refractivity (Wildman–Crippen MR) is 122 cm³/mol. The number of alkyl halides is 3. The summed E-state index contributed by atoms with van der Waals surface area (Å²) in [5.41, 5.74) is 0.769. The summed E-state index contributed by atoms with van der Waals surface area (Å²) < 4.78 is 65.6. The van der Waals surface area contributed by atoms with Gasteiger partial charge in [-0.2, -0.15) is 18.3 Å². The molecule has 182 valence electrons. The van der Waals surface area contributed by atoms with Gasteiger partial charge in [-0.3, -0.25) is 4.79 Å². The van der Waals surface area contributed by atoms with Crippen LogP contribution in [0, 0.1) is 0 Å². The molecule has 12 heteroatoms. The maximum absolute atomic E-state index is 13.3. The largest absolute Gasteiger partial charge is 0.435 e. The van der Waals surface area contributed by atoms with Gasteiger partial charge < -0.3 is 5.32 Å². The fourth-order valence-electron chi connectivity index (χ4n) is 3.14. The van der Waals surface area contributed by atoms with Crippen LogP contribution < -0.4 is 10.0 Å². The lowest BCUT2D eigenvalue weighted by Crippen LogP contribution is -2.28. The van der Waals surface area contributed by atoms with E-state index in [1.54, 1.807) is 49.4 Å². The predicted octanol–water partition coefficient (Wildman–Crippen LogP) is 4.01. The highest BCUT2D eigenvalue weighted by Gasteiger charge is 2.35. The highest BCUT2D eigenvalue weighted by atomic mass is 35.5. The van der Waals surface area contributed by atoms with Gasteiger partial charge in [0, 0.05) is 11.6 Å². The third-order valence-electron chi connectivity index (χ3n) is 4.98. The Balaban J connectivity index is 1.73. The van der Waals surface area contributed by atoms with Crippen LogP contribution in [0.1, 0.15) is 35.4 Å². The van der Waals surface area contributed by atoms with Crippen LogP contribution in [0.15, 0.2) is 54.6 Å². The van der Waals surface area contributed by atoms with Crippen LogP contribution in [0.5, 0.6) is 0 Å². The number of nitrogens with one attached hydrogen (secondary N) is 2. The van der Waals surface area contributed by atoms with Gasteiger partial charge >= 0.3 is 6.18 Å². The highest BCUT2D eigenvalue weighted by molar-refractivity contribution is 7.88. The Morgan fingerprint density at radius 1 is 1.12 bits per heavy atom. The first-order chi connectivity index (χ1) is 15.8. The van der Waals surface area contributed by atoms with Gasteiger partial charge in [0.2, 0.25) is 15.9 Å². The standard InChI is InChI=1S/C22H22ClF3N4O3S/c1-14(16-8-6-15(7-9-16)12-28-34(2,32)33)21(31)27-13-19-11-20(22(24,25)26)29-30(19)18-5-3-4-17(23)10-18/h3-11,14,28H,12-13H2,1-2H3,(H,27,31). The van der Waals surface area contributed by atoms with Crippen molar-refractivity contribution in [3.05, 3.63) is 82.1 Å². The molecule has 3 aromatic rings. The van der Waals surface area contributed by atoms with Crippen LogP contribution in [0.4, 0.5) is 13.2 Å². The molecule has 0 aliphatic rings. The first kappa shape index (κ1) is 25.7. The number of aromatic nitrogens is 2. The molecule has 0 aliphatic carbocycles. The minimum atomic E-state index is -4.65. The quantitative estimate of drug-likeness (QED) is 0.475. The van der Waals surface area contributed by atoms with E-state index in [1.807, 2.05) is 0 Å². The summed E-state index contributed by atoms with van der Waals surface area (Å²) in [5, 5.41) is 6.64. The zero-order valence-electron chi connectivity index (χ0n) is 18.2. The Morgan fingerprint density at radius 3 is 2.38 bits per heavy atom. The van der Waals surface area contributed by atoms with E-state index >= 15 is 0 Å². The molecule has 7 nitrogen and oxygen atoms in total. The molecule has 2 aromatic carbocycles. The fourth-order valence-corrected chi connectivity index (χ4v) is 3.75. The molecule has 3 rings (SSSR count). The van der Waals surface area contributed by atoms with Crippen molar-refractivity contribution in [3.63, 3.8) is 0 Å². The monoisotopic (exact) mass is 514 g/mol. The Hall–Kier alpha value is -2.89. The van der Waals surface area contributed by atoms with E-state index in [9.17, 15) is 26.4 Å². The second-order valence-corrected chi connectivity index (χ2v) is 9.95. The van der Waals surface area contributed by atoms with Crippen molar-refractivity contribution in [2.75, 3.05) is 6.26 Å². The number of sulfonamides is 1. The first-order valence-electron chi connectivity index (χ1n) is 10.1. The summed E-state index contributed by atoms with van der Waals surface area (Å²) in [7, 11) is -3.33. The van der Waals surface area contributed by atoms with Gasteiger partial charge in [0.25, 0.3) is 0 Å². The number of hydrogen-bond acceptors (Lipinski definition) is 4. The Morgan fingerprint density at radius 2 is 1.79 bits per heavy atom. The molecular weight excluding hydrogens is 493 g/mol. The van der Waals surface area contributed by atoms with E-state index in [0.717, 1.165) is 17.0 Å². The summed E-state index contributed by atoms with van der Waals surface area (Å²) in [6.07, 6.45) is -3.59. The molecule has 34 heavy (non-hydrogen) atoms. The van der Waals surface area contributed by atoms with Crippen molar-refractivity contribution in [1.29, 1.82) is 0 Å². The second kappa shape index (κ2) is 10.2. The minimum Gasteiger partial charge on any atom is -0.350 e. The maximum atomic E-state index is 13.3. The van der Waals surface area contributed by atoms with E-state index in [1.165, 1.54) is 6.07 Å². The molecule has 1 atom stereocenters. The number of nitrogens with zero attached hydrogens (tertiary/aromatic N) is 2. The van der Waals surface area contributed by atoms with Crippen LogP contribution >= 0.6 is 11.6 Å². The van der Waals surface area contributed by atoms with Gasteiger partial charge in [-0.15, -0.1) is 0 Å². The molecule has 1 aromatic heterocycles. The van der Waals surface area contributed by atoms with Crippen LogP contribution in [-0.4, -0.2) is 30.4 Å². The third kappa shape index (κ3) is 6.81. The number of halogens is 4. The minimum absolute atomic E-state index is 0.120. The van der Waals surface area contributed by atoms with Crippen molar-refractivity contribution >= 4 is 27.5 Å². The van der Waals surface area contributed by atoms with Crippen LogP contribution in [0.3, 0.4) is 0 Å². The molecule has 0 aliphatic heterocycles. The molecule has 0 bridgehead atoms. The van der Waals surface area contributed by atoms with E-state index in [4.69, 9.17) is 11.6 Å². The number of benzene rings is 2. The van der Waals surface area contributed by atoms with Gasteiger partial charge in [-0.05, 0) is 42.3 Å². The fraction of sp³-hybridized carbons (Fsp3) is 0.273. The third-order valence-corrected chi connectivity index (χ3v) is 5.89. The summed E-state index contributed by atoms with van der Waals surface area (Å²) in [4.78, 5) is 12.7. The summed E-state index contributed by atoms with van der Waals surface area (Å²) in [6, 6.07) is 13.9. The Kier molecular flexibility index (Phi) is 7.69.